The number of hydrogen-bond acceptors (Lipinski definition) is 7. The molecule has 0 amide bonds. The van der Waals surface area contributed by atoms with Crippen molar-refractivity contribution in [2.75, 3.05) is 13.7 Å². The average Bonchev–Trinajstić information content (AvgIpc) is 2.98. The molecule has 23 heavy (non-hydrogen) atoms. The molecule has 0 N–H and O–H groups in total. The maximum absolute atomic E-state index is 10.6. The van der Waals surface area contributed by atoms with Crippen LogP contribution in [-0.4, -0.2) is 49.0 Å². The van der Waals surface area contributed by atoms with Crippen molar-refractivity contribution < 1.29 is 28.6 Å². The fourth-order valence-corrected chi connectivity index (χ4v) is 2.81. The number of nitrogens with zero attached hydrogens (tertiary/aromatic N) is 1. The minimum absolute atomic E-state index is 0.0169. The first-order valence-electron chi connectivity index (χ1n) is 7.31. The summed E-state index contributed by atoms with van der Waals surface area (Å²) in [7, 11) is 1.55. The van der Waals surface area contributed by atoms with Gasteiger partial charge in [-0.3, -0.25) is 10.1 Å². The summed E-state index contributed by atoms with van der Waals surface area (Å²) in [6, 6.07) is 5.89. The standard InChI is InChI=1S/C15H19NO7/c1-15(2)22-12-11(21-14(19-3)13(12)23-15)8-20-10-6-4-9(5-7-10)16(17)18/h4-7,11-14H,8H2,1-3H3/t11-,12-,13-,14-/m1/s1. The van der Waals surface area contributed by atoms with Crippen LogP contribution in [0.25, 0.3) is 0 Å². The Morgan fingerprint density at radius 2 is 1.87 bits per heavy atom. The fourth-order valence-electron chi connectivity index (χ4n) is 2.81. The summed E-state index contributed by atoms with van der Waals surface area (Å²) in [5.74, 6) is -0.170. The van der Waals surface area contributed by atoms with Gasteiger partial charge in [-0.25, -0.2) is 0 Å². The topological polar surface area (TPSA) is 89.3 Å². The van der Waals surface area contributed by atoms with Gasteiger partial charge in [0.2, 0.25) is 0 Å². The molecule has 2 heterocycles. The van der Waals surface area contributed by atoms with E-state index < -0.39 is 17.0 Å². The van der Waals surface area contributed by atoms with Gasteiger partial charge in [0.25, 0.3) is 5.69 Å². The smallest absolute Gasteiger partial charge is 0.269 e. The number of fused-ring (bicyclic) bond motifs is 1. The third-order valence-corrected chi connectivity index (χ3v) is 3.80. The maximum atomic E-state index is 10.6. The molecule has 0 bridgehead atoms. The van der Waals surface area contributed by atoms with Crippen LogP contribution in [0.1, 0.15) is 13.8 Å². The highest BCUT2D eigenvalue weighted by Crippen LogP contribution is 2.39. The Morgan fingerprint density at radius 1 is 1.22 bits per heavy atom. The lowest BCUT2D eigenvalue weighted by molar-refractivity contribution is -0.384. The zero-order valence-corrected chi connectivity index (χ0v) is 13.1. The van der Waals surface area contributed by atoms with Crippen LogP contribution < -0.4 is 4.74 Å². The summed E-state index contributed by atoms with van der Waals surface area (Å²) in [5.41, 5.74) is 0.0169. The van der Waals surface area contributed by atoms with Crippen molar-refractivity contribution in [3.8, 4) is 5.75 Å². The number of non-ortho nitro benzene ring substituents is 1. The van der Waals surface area contributed by atoms with Crippen LogP contribution in [0, 0.1) is 10.1 Å². The molecule has 2 aliphatic heterocycles. The van der Waals surface area contributed by atoms with Crippen molar-refractivity contribution in [3.63, 3.8) is 0 Å². The van der Waals surface area contributed by atoms with Crippen molar-refractivity contribution in [2.24, 2.45) is 0 Å². The molecule has 1 aromatic rings. The van der Waals surface area contributed by atoms with Gasteiger partial charge in [-0.1, -0.05) is 0 Å². The van der Waals surface area contributed by atoms with Crippen LogP contribution >= 0.6 is 0 Å². The van der Waals surface area contributed by atoms with E-state index in [0.29, 0.717) is 5.75 Å². The average molecular weight is 325 g/mol. The molecule has 0 spiro atoms. The zero-order valence-electron chi connectivity index (χ0n) is 13.1. The Bertz CT molecular complexity index is 574. The van der Waals surface area contributed by atoms with Crippen molar-refractivity contribution in [1.29, 1.82) is 0 Å². The van der Waals surface area contributed by atoms with Crippen LogP contribution in [0.4, 0.5) is 5.69 Å². The van der Waals surface area contributed by atoms with Gasteiger partial charge in [0, 0.05) is 19.2 Å². The Kier molecular flexibility index (Phi) is 4.24. The van der Waals surface area contributed by atoms with E-state index >= 15 is 0 Å². The van der Waals surface area contributed by atoms with Crippen LogP contribution in [0.2, 0.25) is 0 Å². The lowest BCUT2D eigenvalue weighted by Gasteiger charge is -2.23. The van der Waals surface area contributed by atoms with E-state index in [-0.39, 0.29) is 30.6 Å². The predicted octanol–water partition coefficient (Wildman–Crippen LogP) is 1.86. The number of benzene rings is 1. The number of methoxy groups -OCH3 is 1. The monoisotopic (exact) mass is 325 g/mol. The van der Waals surface area contributed by atoms with E-state index in [4.69, 9.17) is 23.7 Å². The minimum Gasteiger partial charge on any atom is -0.491 e. The molecule has 2 saturated heterocycles. The SMILES string of the molecule is CO[C@@H]1O[C@H](COc2ccc([N+](=O)[O-])cc2)[C@H]2OC(C)(C)O[C@@H]12. The van der Waals surface area contributed by atoms with Gasteiger partial charge in [-0.05, 0) is 26.0 Å². The number of hydrogen-bond donors (Lipinski definition) is 0. The van der Waals surface area contributed by atoms with E-state index in [1.54, 1.807) is 19.2 Å². The first-order valence-corrected chi connectivity index (χ1v) is 7.31. The molecule has 4 atom stereocenters. The summed E-state index contributed by atoms with van der Waals surface area (Å²) in [5, 5.41) is 10.6. The second-order valence-corrected chi connectivity index (χ2v) is 5.91. The highest BCUT2D eigenvalue weighted by atomic mass is 16.8. The summed E-state index contributed by atoms with van der Waals surface area (Å²) >= 11 is 0. The van der Waals surface area contributed by atoms with Crippen molar-refractivity contribution in [1.82, 2.24) is 0 Å². The molecular weight excluding hydrogens is 306 g/mol. The van der Waals surface area contributed by atoms with E-state index in [1.165, 1.54) is 12.1 Å². The first-order chi connectivity index (χ1) is 10.9. The number of rotatable bonds is 5. The molecule has 2 fully saturated rings. The molecule has 0 aliphatic carbocycles. The van der Waals surface area contributed by atoms with E-state index in [2.05, 4.69) is 0 Å². The second-order valence-electron chi connectivity index (χ2n) is 5.91. The molecule has 0 unspecified atom stereocenters. The van der Waals surface area contributed by atoms with Crippen molar-refractivity contribution in [2.45, 2.75) is 44.2 Å². The highest BCUT2D eigenvalue weighted by Gasteiger charge is 2.55. The number of ether oxygens (including phenoxy) is 5. The fraction of sp³-hybridized carbons (Fsp3) is 0.600. The molecular formula is C15H19NO7. The predicted molar refractivity (Wildman–Crippen MR) is 78.1 cm³/mol. The largest absolute Gasteiger partial charge is 0.491 e. The zero-order chi connectivity index (χ0) is 16.6. The van der Waals surface area contributed by atoms with Crippen LogP contribution in [-0.2, 0) is 18.9 Å². The summed E-state index contributed by atoms with van der Waals surface area (Å²) in [6.45, 7) is 3.91. The Labute approximate surface area is 133 Å². The highest BCUT2D eigenvalue weighted by molar-refractivity contribution is 5.36. The number of nitro groups is 1. The molecule has 1 aromatic carbocycles. The van der Waals surface area contributed by atoms with Gasteiger partial charge in [0.1, 0.15) is 30.7 Å². The Morgan fingerprint density at radius 3 is 2.48 bits per heavy atom. The van der Waals surface area contributed by atoms with Gasteiger partial charge < -0.3 is 23.7 Å². The normalized spacial score (nSPS) is 31.8. The molecule has 8 heteroatoms. The summed E-state index contributed by atoms with van der Waals surface area (Å²) < 4.78 is 28.3. The third kappa shape index (κ3) is 3.30. The van der Waals surface area contributed by atoms with Crippen molar-refractivity contribution in [3.05, 3.63) is 34.4 Å². The van der Waals surface area contributed by atoms with Gasteiger partial charge in [0.15, 0.2) is 12.1 Å². The minimum atomic E-state index is -0.693. The van der Waals surface area contributed by atoms with Gasteiger partial charge in [0.05, 0.1) is 4.92 Å². The number of nitro benzene ring substituents is 1. The lowest BCUT2D eigenvalue weighted by atomic mass is 10.1. The molecule has 0 radical (unpaired) electrons. The summed E-state index contributed by atoms with van der Waals surface area (Å²) in [6.07, 6.45) is -1.44. The van der Waals surface area contributed by atoms with Gasteiger partial charge >= 0.3 is 0 Å². The first kappa shape index (κ1) is 16.1. The van der Waals surface area contributed by atoms with E-state index in [9.17, 15) is 10.1 Å². The summed E-state index contributed by atoms with van der Waals surface area (Å²) in [4.78, 5) is 10.2. The quantitative estimate of drug-likeness (QED) is 0.603. The van der Waals surface area contributed by atoms with Crippen LogP contribution in [0.3, 0.4) is 0 Å². The maximum Gasteiger partial charge on any atom is 0.269 e. The lowest BCUT2D eigenvalue weighted by Crippen LogP contribution is -2.33. The second kappa shape index (κ2) is 6.04. The van der Waals surface area contributed by atoms with Gasteiger partial charge in [-0.15, -0.1) is 0 Å². The van der Waals surface area contributed by atoms with E-state index in [0.717, 1.165) is 0 Å². The molecule has 2 aliphatic rings. The molecule has 126 valence electrons. The molecule has 8 nitrogen and oxygen atoms in total. The Hall–Kier alpha value is -1.74. The van der Waals surface area contributed by atoms with Crippen LogP contribution in [0.15, 0.2) is 24.3 Å². The van der Waals surface area contributed by atoms with Crippen molar-refractivity contribution >= 4 is 5.69 Å². The molecule has 0 saturated carbocycles. The molecule has 3 rings (SSSR count). The van der Waals surface area contributed by atoms with Gasteiger partial charge in [-0.2, -0.15) is 0 Å². The van der Waals surface area contributed by atoms with E-state index in [1.807, 2.05) is 13.8 Å². The molecule has 0 aromatic heterocycles. The Balaban J connectivity index is 1.62. The van der Waals surface area contributed by atoms with Crippen LogP contribution in [0.5, 0.6) is 5.75 Å². The third-order valence-electron chi connectivity index (χ3n) is 3.80.